The number of H-pyrrole nitrogens is 1. The summed E-state index contributed by atoms with van der Waals surface area (Å²) in [6.07, 6.45) is 1.44. The van der Waals surface area contributed by atoms with Gasteiger partial charge in [0.25, 0.3) is 5.56 Å². The molecule has 0 aliphatic carbocycles. The zero-order chi connectivity index (χ0) is 11.2. The number of halogens is 1. The van der Waals surface area contributed by atoms with E-state index >= 15 is 0 Å². The molecule has 1 N–H and O–H groups in total. The molecule has 0 fully saturated rings. The summed E-state index contributed by atoms with van der Waals surface area (Å²) in [7, 11) is 1.51. The zero-order valence-electron chi connectivity index (χ0n) is 8.17. The predicted octanol–water partition coefficient (Wildman–Crippen LogP) is 0.0693. The van der Waals surface area contributed by atoms with Gasteiger partial charge >= 0.3 is 5.69 Å². The van der Waals surface area contributed by atoms with Crippen LogP contribution in [-0.2, 0) is 7.05 Å². The third-order valence-corrected chi connectivity index (χ3v) is 2.25. The molecule has 0 atom stereocenters. The van der Waals surface area contributed by atoms with Crippen LogP contribution in [0, 0.1) is 12.7 Å². The van der Waals surface area contributed by atoms with Crippen LogP contribution in [0.5, 0.6) is 0 Å². The van der Waals surface area contributed by atoms with Gasteiger partial charge < -0.3 is 9.55 Å². The van der Waals surface area contributed by atoms with Crippen molar-refractivity contribution in [1.29, 1.82) is 0 Å². The van der Waals surface area contributed by atoms with Gasteiger partial charge in [-0.15, -0.1) is 0 Å². The Morgan fingerprint density at radius 1 is 1.47 bits per heavy atom. The number of aromatic amines is 1. The molecule has 0 aliphatic rings. The minimum absolute atomic E-state index is 0.113. The van der Waals surface area contributed by atoms with Crippen molar-refractivity contribution in [3.63, 3.8) is 0 Å². The van der Waals surface area contributed by atoms with Crippen molar-refractivity contribution in [2.75, 3.05) is 0 Å². The molecule has 78 valence electrons. The third kappa shape index (κ3) is 1.34. The van der Waals surface area contributed by atoms with Gasteiger partial charge in [0, 0.05) is 24.2 Å². The molecule has 0 bridgehead atoms. The summed E-state index contributed by atoms with van der Waals surface area (Å²) in [5.74, 6) is -0.844. The lowest BCUT2D eigenvalue weighted by Crippen LogP contribution is -2.22. The lowest BCUT2D eigenvalue weighted by atomic mass is 10.2. The number of rotatable bonds is 0. The Morgan fingerprint density at radius 3 is 2.80 bits per heavy atom. The molecular formula is C9H8FN3O2. The van der Waals surface area contributed by atoms with Crippen LogP contribution in [-0.4, -0.2) is 14.5 Å². The van der Waals surface area contributed by atoms with Crippen LogP contribution >= 0.6 is 0 Å². The SMILES string of the molecule is Cc1c(F)c(=O)[nH]c2nc(=O)n(C)cc12. The fourth-order valence-corrected chi connectivity index (χ4v) is 1.37. The molecule has 0 amide bonds. The quantitative estimate of drug-likeness (QED) is 0.667. The summed E-state index contributed by atoms with van der Waals surface area (Å²) in [4.78, 5) is 28.1. The smallest absolute Gasteiger partial charge is 0.304 e. The molecule has 0 aliphatic heterocycles. The van der Waals surface area contributed by atoms with Crippen LogP contribution in [0.25, 0.3) is 11.0 Å². The van der Waals surface area contributed by atoms with Crippen molar-refractivity contribution in [3.05, 3.63) is 38.4 Å². The molecular weight excluding hydrogens is 201 g/mol. The average Bonchev–Trinajstić information content (AvgIpc) is 2.19. The van der Waals surface area contributed by atoms with Crippen LogP contribution in [0.15, 0.2) is 15.8 Å². The van der Waals surface area contributed by atoms with Crippen molar-refractivity contribution in [1.82, 2.24) is 14.5 Å². The standard InChI is InChI=1S/C9H8FN3O2/c1-4-5-3-13(2)9(15)12-7(5)11-8(14)6(4)10/h3H,1-2H3,(H,11,12,14,15). The van der Waals surface area contributed by atoms with Crippen LogP contribution in [0.3, 0.4) is 0 Å². The summed E-state index contributed by atoms with van der Waals surface area (Å²) < 4.78 is 14.5. The van der Waals surface area contributed by atoms with Gasteiger partial charge in [0.2, 0.25) is 0 Å². The van der Waals surface area contributed by atoms with Crippen molar-refractivity contribution in [2.45, 2.75) is 6.92 Å². The minimum Gasteiger partial charge on any atom is -0.304 e. The number of nitrogens with one attached hydrogen (secondary N) is 1. The summed E-state index contributed by atoms with van der Waals surface area (Å²) >= 11 is 0. The topological polar surface area (TPSA) is 67.8 Å². The molecule has 6 heteroatoms. The lowest BCUT2D eigenvalue weighted by molar-refractivity contribution is 0.602. The second-order valence-electron chi connectivity index (χ2n) is 3.29. The molecule has 2 heterocycles. The van der Waals surface area contributed by atoms with Gasteiger partial charge in [-0.3, -0.25) is 4.79 Å². The Labute approximate surface area is 83.2 Å². The Morgan fingerprint density at radius 2 is 2.13 bits per heavy atom. The largest absolute Gasteiger partial charge is 0.349 e. The molecule has 0 radical (unpaired) electrons. The normalized spacial score (nSPS) is 10.9. The first-order valence-corrected chi connectivity index (χ1v) is 4.26. The van der Waals surface area contributed by atoms with Crippen molar-refractivity contribution in [3.8, 4) is 0 Å². The summed E-state index contributed by atoms with van der Waals surface area (Å²) in [6, 6.07) is 0. The molecule has 0 saturated heterocycles. The minimum atomic E-state index is -0.860. The van der Waals surface area contributed by atoms with Crippen molar-refractivity contribution < 1.29 is 4.39 Å². The van der Waals surface area contributed by atoms with E-state index in [1.807, 2.05) is 0 Å². The fraction of sp³-hybridized carbons (Fsp3) is 0.222. The van der Waals surface area contributed by atoms with E-state index < -0.39 is 17.1 Å². The first kappa shape index (κ1) is 9.57. The molecule has 0 unspecified atom stereocenters. The van der Waals surface area contributed by atoms with Gasteiger partial charge in [-0.25, -0.2) is 9.18 Å². The van der Waals surface area contributed by atoms with Crippen LogP contribution in [0.2, 0.25) is 0 Å². The van der Waals surface area contributed by atoms with E-state index in [2.05, 4.69) is 9.97 Å². The zero-order valence-corrected chi connectivity index (χ0v) is 8.17. The Bertz CT molecular complexity index is 651. The molecule has 2 aromatic rings. The van der Waals surface area contributed by atoms with Gasteiger partial charge in [0.15, 0.2) is 5.82 Å². The fourth-order valence-electron chi connectivity index (χ4n) is 1.37. The van der Waals surface area contributed by atoms with E-state index in [1.165, 1.54) is 24.7 Å². The maximum absolute atomic E-state index is 13.2. The number of hydrogen-bond acceptors (Lipinski definition) is 3. The third-order valence-electron chi connectivity index (χ3n) is 2.25. The van der Waals surface area contributed by atoms with Gasteiger partial charge in [0.1, 0.15) is 5.65 Å². The predicted molar refractivity (Wildman–Crippen MR) is 52.3 cm³/mol. The molecule has 0 spiro atoms. The van der Waals surface area contributed by atoms with E-state index in [0.717, 1.165) is 0 Å². The summed E-state index contributed by atoms with van der Waals surface area (Å²) in [5, 5.41) is 0.425. The number of aryl methyl sites for hydroxylation is 2. The maximum Gasteiger partial charge on any atom is 0.349 e. The first-order valence-electron chi connectivity index (χ1n) is 4.26. The average molecular weight is 209 g/mol. The summed E-state index contributed by atoms with van der Waals surface area (Å²) in [6.45, 7) is 1.47. The van der Waals surface area contributed by atoms with Gasteiger partial charge in [-0.1, -0.05) is 0 Å². The number of hydrogen-bond donors (Lipinski definition) is 1. The van der Waals surface area contributed by atoms with Crippen LogP contribution < -0.4 is 11.2 Å². The molecule has 0 saturated carbocycles. The molecule has 5 nitrogen and oxygen atoms in total. The number of nitrogens with zero attached hydrogens (tertiary/aromatic N) is 2. The Balaban J connectivity index is 3.06. The lowest BCUT2D eigenvalue weighted by Gasteiger charge is -2.03. The Hall–Kier alpha value is -1.98. The van der Waals surface area contributed by atoms with Crippen molar-refractivity contribution >= 4 is 11.0 Å². The first-order chi connectivity index (χ1) is 7.00. The monoisotopic (exact) mass is 209 g/mol. The second-order valence-corrected chi connectivity index (χ2v) is 3.29. The Kier molecular flexibility index (Phi) is 1.92. The molecule has 0 aromatic carbocycles. The highest BCUT2D eigenvalue weighted by Crippen LogP contribution is 2.12. The van der Waals surface area contributed by atoms with Crippen LogP contribution in [0.4, 0.5) is 4.39 Å². The number of aromatic nitrogens is 3. The highest BCUT2D eigenvalue weighted by Gasteiger charge is 2.10. The van der Waals surface area contributed by atoms with E-state index in [0.29, 0.717) is 5.39 Å². The molecule has 15 heavy (non-hydrogen) atoms. The van der Waals surface area contributed by atoms with Crippen molar-refractivity contribution in [2.24, 2.45) is 7.05 Å². The number of pyridine rings is 1. The van der Waals surface area contributed by atoms with E-state index in [4.69, 9.17) is 0 Å². The number of fused-ring (bicyclic) bond motifs is 1. The summed E-state index contributed by atoms with van der Waals surface area (Å²) in [5.41, 5.74) is -1.05. The molecule has 2 aromatic heterocycles. The van der Waals surface area contributed by atoms with Gasteiger partial charge in [0.05, 0.1) is 0 Å². The van der Waals surface area contributed by atoms with E-state index in [1.54, 1.807) is 0 Å². The highest BCUT2D eigenvalue weighted by atomic mass is 19.1. The highest BCUT2D eigenvalue weighted by molar-refractivity contribution is 5.77. The molecule has 2 rings (SSSR count). The second kappa shape index (κ2) is 3.01. The maximum atomic E-state index is 13.2. The van der Waals surface area contributed by atoms with Gasteiger partial charge in [-0.2, -0.15) is 4.98 Å². The van der Waals surface area contributed by atoms with Gasteiger partial charge in [-0.05, 0) is 6.92 Å². The van der Waals surface area contributed by atoms with E-state index in [9.17, 15) is 14.0 Å². The van der Waals surface area contributed by atoms with Crippen LogP contribution in [0.1, 0.15) is 5.56 Å². The van der Waals surface area contributed by atoms with E-state index in [-0.39, 0.29) is 11.2 Å².